The number of likely N-dealkylation sites (N-methyl/N-ethyl adjacent to an activating group) is 1. The topological polar surface area (TPSA) is 65.2 Å². The second-order valence-corrected chi connectivity index (χ2v) is 5.27. The van der Waals surface area contributed by atoms with Crippen molar-refractivity contribution in [1.82, 2.24) is 15.2 Å². The lowest BCUT2D eigenvalue weighted by molar-refractivity contribution is 0.0736. The maximum absolute atomic E-state index is 12.4. The van der Waals surface area contributed by atoms with Crippen LogP contribution >= 0.6 is 15.9 Å². The van der Waals surface area contributed by atoms with Gasteiger partial charge in [0.25, 0.3) is 11.5 Å². The molecule has 1 atom stereocenters. The monoisotopic (exact) mass is 313 g/mol. The fourth-order valence-corrected chi connectivity index (χ4v) is 2.66. The van der Waals surface area contributed by atoms with Crippen molar-refractivity contribution in [3.05, 3.63) is 32.7 Å². The van der Waals surface area contributed by atoms with Crippen LogP contribution in [0.2, 0.25) is 0 Å². The van der Waals surface area contributed by atoms with Gasteiger partial charge in [0.1, 0.15) is 0 Å². The highest BCUT2D eigenvalue weighted by Gasteiger charge is 2.28. The number of aromatic amines is 1. The number of amides is 1. The van der Waals surface area contributed by atoms with Crippen LogP contribution in [0.4, 0.5) is 0 Å². The van der Waals surface area contributed by atoms with Crippen molar-refractivity contribution in [2.24, 2.45) is 0 Å². The van der Waals surface area contributed by atoms with Gasteiger partial charge in [-0.1, -0.05) is 0 Å². The number of pyridine rings is 1. The van der Waals surface area contributed by atoms with Crippen LogP contribution in [0.3, 0.4) is 0 Å². The molecule has 18 heavy (non-hydrogen) atoms. The second kappa shape index (κ2) is 5.67. The highest BCUT2D eigenvalue weighted by molar-refractivity contribution is 9.10. The van der Waals surface area contributed by atoms with Gasteiger partial charge in [-0.05, 0) is 41.9 Å². The minimum Gasteiger partial charge on any atom is -0.334 e. The third kappa shape index (κ3) is 2.64. The van der Waals surface area contributed by atoms with E-state index in [9.17, 15) is 9.59 Å². The first-order valence-electron chi connectivity index (χ1n) is 5.97. The van der Waals surface area contributed by atoms with E-state index in [-0.39, 0.29) is 17.5 Å². The number of carbonyl (C=O) groups is 1. The average molecular weight is 314 g/mol. The molecule has 1 aliphatic heterocycles. The van der Waals surface area contributed by atoms with Crippen molar-refractivity contribution in [2.45, 2.75) is 18.9 Å². The van der Waals surface area contributed by atoms with Crippen LogP contribution in [0.1, 0.15) is 23.2 Å². The lowest BCUT2D eigenvalue weighted by Gasteiger charge is -2.24. The number of rotatable bonds is 3. The molecule has 0 aliphatic carbocycles. The number of nitrogens with one attached hydrogen (secondary N) is 2. The van der Waals surface area contributed by atoms with Gasteiger partial charge >= 0.3 is 0 Å². The molecule has 5 nitrogen and oxygen atoms in total. The zero-order valence-electron chi connectivity index (χ0n) is 10.2. The fourth-order valence-electron chi connectivity index (χ4n) is 2.30. The molecular formula is C12H16BrN3O2. The van der Waals surface area contributed by atoms with E-state index in [0.29, 0.717) is 10.0 Å². The van der Waals surface area contributed by atoms with Gasteiger partial charge in [0.05, 0.1) is 10.0 Å². The first-order valence-corrected chi connectivity index (χ1v) is 6.76. The Bertz CT molecular complexity index is 500. The molecule has 2 N–H and O–H groups in total. The molecule has 1 aliphatic rings. The van der Waals surface area contributed by atoms with Crippen molar-refractivity contribution in [3.63, 3.8) is 0 Å². The predicted molar refractivity (Wildman–Crippen MR) is 72.7 cm³/mol. The lowest BCUT2D eigenvalue weighted by Crippen LogP contribution is -2.41. The van der Waals surface area contributed by atoms with Crippen LogP contribution in [0, 0.1) is 0 Å². The number of likely N-dealkylation sites (tertiary alicyclic amines) is 1. The Kier molecular flexibility index (Phi) is 4.19. The summed E-state index contributed by atoms with van der Waals surface area (Å²) >= 11 is 3.14. The Morgan fingerprint density at radius 1 is 1.67 bits per heavy atom. The Morgan fingerprint density at radius 3 is 3.11 bits per heavy atom. The standard InChI is InChI=1S/C12H16BrN3O2/c1-14-7-9-3-2-4-16(9)12(18)8-5-10(13)11(17)15-6-8/h5-6,9,14H,2-4,7H2,1H3,(H,15,17)/t9-/m0/s1. The van der Waals surface area contributed by atoms with Crippen LogP contribution in [0.15, 0.2) is 21.5 Å². The van der Waals surface area contributed by atoms with Gasteiger partial charge in [-0.25, -0.2) is 0 Å². The number of carbonyl (C=O) groups excluding carboxylic acids is 1. The highest BCUT2D eigenvalue weighted by Crippen LogP contribution is 2.19. The van der Waals surface area contributed by atoms with E-state index in [4.69, 9.17) is 0 Å². The Balaban J connectivity index is 2.19. The molecule has 0 spiro atoms. The summed E-state index contributed by atoms with van der Waals surface area (Å²) < 4.78 is 0.387. The summed E-state index contributed by atoms with van der Waals surface area (Å²) in [7, 11) is 1.89. The third-order valence-corrected chi connectivity index (χ3v) is 3.77. The first-order chi connectivity index (χ1) is 8.63. The number of hydrogen-bond acceptors (Lipinski definition) is 3. The maximum atomic E-state index is 12.4. The molecule has 1 amide bonds. The fraction of sp³-hybridized carbons (Fsp3) is 0.500. The molecule has 0 saturated carbocycles. The summed E-state index contributed by atoms with van der Waals surface area (Å²) in [4.78, 5) is 28.0. The smallest absolute Gasteiger partial charge is 0.262 e. The van der Waals surface area contributed by atoms with Crippen molar-refractivity contribution >= 4 is 21.8 Å². The molecule has 1 saturated heterocycles. The predicted octanol–water partition coefficient (Wildman–Crippen LogP) is 0.961. The van der Waals surface area contributed by atoms with E-state index in [0.717, 1.165) is 25.9 Å². The quantitative estimate of drug-likeness (QED) is 0.873. The number of H-pyrrole nitrogens is 1. The average Bonchev–Trinajstić information content (AvgIpc) is 2.80. The number of halogens is 1. The molecule has 98 valence electrons. The molecule has 0 bridgehead atoms. The van der Waals surface area contributed by atoms with E-state index in [1.54, 1.807) is 6.07 Å². The van der Waals surface area contributed by atoms with Crippen LogP contribution in [0.5, 0.6) is 0 Å². The summed E-state index contributed by atoms with van der Waals surface area (Å²) in [6, 6.07) is 1.82. The molecular weight excluding hydrogens is 298 g/mol. The van der Waals surface area contributed by atoms with E-state index >= 15 is 0 Å². The van der Waals surface area contributed by atoms with Crippen LogP contribution in [0.25, 0.3) is 0 Å². The minimum atomic E-state index is -0.222. The Labute approximate surface area is 114 Å². The zero-order chi connectivity index (χ0) is 13.1. The Morgan fingerprint density at radius 2 is 2.44 bits per heavy atom. The van der Waals surface area contributed by atoms with Crippen molar-refractivity contribution in [3.8, 4) is 0 Å². The van der Waals surface area contributed by atoms with Crippen molar-refractivity contribution < 1.29 is 4.79 Å². The molecule has 0 aromatic carbocycles. The van der Waals surface area contributed by atoms with E-state index < -0.39 is 0 Å². The minimum absolute atomic E-state index is 0.0234. The van der Waals surface area contributed by atoms with Crippen LogP contribution in [-0.4, -0.2) is 42.0 Å². The highest BCUT2D eigenvalue weighted by atomic mass is 79.9. The van der Waals surface area contributed by atoms with Gasteiger partial charge in [0.2, 0.25) is 0 Å². The van der Waals surface area contributed by atoms with Gasteiger partial charge in [-0.15, -0.1) is 0 Å². The van der Waals surface area contributed by atoms with Gasteiger partial charge < -0.3 is 15.2 Å². The summed E-state index contributed by atoms with van der Waals surface area (Å²) in [5.74, 6) is -0.0234. The molecule has 2 heterocycles. The second-order valence-electron chi connectivity index (χ2n) is 4.42. The lowest BCUT2D eigenvalue weighted by atomic mass is 10.2. The van der Waals surface area contributed by atoms with Gasteiger partial charge in [-0.3, -0.25) is 9.59 Å². The van der Waals surface area contributed by atoms with E-state index in [1.165, 1.54) is 6.20 Å². The van der Waals surface area contributed by atoms with Crippen molar-refractivity contribution in [1.29, 1.82) is 0 Å². The number of hydrogen-bond donors (Lipinski definition) is 2. The van der Waals surface area contributed by atoms with Gasteiger partial charge in [0.15, 0.2) is 0 Å². The third-order valence-electron chi connectivity index (χ3n) is 3.18. The largest absolute Gasteiger partial charge is 0.334 e. The van der Waals surface area contributed by atoms with Crippen molar-refractivity contribution in [2.75, 3.05) is 20.1 Å². The zero-order valence-corrected chi connectivity index (χ0v) is 11.8. The molecule has 0 unspecified atom stereocenters. The molecule has 1 fully saturated rings. The molecule has 0 radical (unpaired) electrons. The molecule has 1 aromatic rings. The van der Waals surface area contributed by atoms with Crippen LogP contribution < -0.4 is 10.9 Å². The van der Waals surface area contributed by atoms with Crippen LogP contribution in [-0.2, 0) is 0 Å². The molecule has 1 aromatic heterocycles. The van der Waals surface area contributed by atoms with E-state index in [1.807, 2.05) is 11.9 Å². The first kappa shape index (κ1) is 13.3. The summed E-state index contributed by atoms with van der Waals surface area (Å²) in [5, 5.41) is 3.11. The molecule has 2 rings (SSSR count). The van der Waals surface area contributed by atoms with E-state index in [2.05, 4.69) is 26.2 Å². The summed E-state index contributed by atoms with van der Waals surface area (Å²) in [6.07, 6.45) is 3.53. The molecule has 6 heteroatoms. The maximum Gasteiger partial charge on any atom is 0.262 e. The normalized spacial score (nSPS) is 19.2. The Hall–Kier alpha value is -1.14. The SMILES string of the molecule is CNC[C@@H]1CCCN1C(=O)c1c[nH]c(=O)c(Br)c1. The number of aromatic nitrogens is 1. The van der Waals surface area contributed by atoms with Gasteiger partial charge in [0, 0.05) is 25.3 Å². The summed E-state index contributed by atoms with van der Waals surface area (Å²) in [6.45, 7) is 1.58. The summed E-state index contributed by atoms with van der Waals surface area (Å²) in [5.41, 5.74) is 0.296. The number of nitrogens with zero attached hydrogens (tertiary/aromatic N) is 1. The van der Waals surface area contributed by atoms with Gasteiger partial charge in [-0.2, -0.15) is 0 Å².